The smallest absolute Gasteiger partial charge is 0.0261 e. The summed E-state index contributed by atoms with van der Waals surface area (Å²) in [6.07, 6.45) is 1.05. The molecular formula is C7H17ClN2. The monoisotopic (exact) mass is 164 g/mol. The summed E-state index contributed by atoms with van der Waals surface area (Å²) in [6, 6.07) is 0. The third-order valence-electron chi connectivity index (χ3n) is 1.31. The summed E-state index contributed by atoms with van der Waals surface area (Å²) < 4.78 is 0. The van der Waals surface area contributed by atoms with E-state index in [9.17, 15) is 0 Å². The van der Waals surface area contributed by atoms with Crippen molar-refractivity contribution >= 4 is 11.6 Å². The summed E-state index contributed by atoms with van der Waals surface area (Å²) in [6.45, 7) is 4.91. The van der Waals surface area contributed by atoms with Gasteiger partial charge in [-0.1, -0.05) is 6.92 Å². The fraction of sp³-hybridized carbons (Fsp3) is 1.00. The van der Waals surface area contributed by atoms with Gasteiger partial charge < -0.3 is 11.1 Å². The van der Waals surface area contributed by atoms with E-state index in [4.69, 9.17) is 17.3 Å². The molecule has 2 nitrogen and oxygen atoms in total. The molecule has 3 heteroatoms. The summed E-state index contributed by atoms with van der Waals surface area (Å²) in [5, 5.41) is 3.27. The Morgan fingerprint density at radius 1 is 1.60 bits per heavy atom. The maximum absolute atomic E-state index is 5.60. The van der Waals surface area contributed by atoms with Crippen LogP contribution in [0.2, 0.25) is 0 Å². The molecule has 0 saturated carbocycles. The van der Waals surface area contributed by atoms with Crippen molar-refractivity contribution < 1.29 is 0 Å². The maximum atomic E-state index is 5.60. The SMILES string of the molecule is CC(CCl)CNCCCN. The lowest BCUT2D eigenvalue weighted by Crippen LogP contribution is -2.24. The van der Waals surface area contributed by atoms with Gasteiger partial charge in [-0.05, 0) is 32.0 Å². The van der Waals surface area contributed by atoms with E-state index < -0.39 is 0 Å². The molecule has 1 atom stereocenters. The van der Waals surface area contributed by atoms with Gasteiger partial charge in [0.2, 0.25) is 0 Å². The van der Waals surface area contributed by atoms with E-state index in [1.807, 2.05) is 0 Å². The summed E-state index contributed by atoms with van der Waals surface area (Å²) >= 11 is 5.60. The van der Waals surface area contributed by atoms with Crippen molar-refractivity contribution in [3.63, 3.8) is 0 Å². The number of nitrogens with one attached hydrogen (secondary N) is 1. The molecule has 0 aliphatic heterocycles. The van der Waals surface area contributed by atoms with Gasteiger partial charge in [0.05, 0.1) is 0 Å². The lowest BCUT2D eigenvalue weighted by molar-refractivity contribution is 0.549. The number of hydrogen-bond donors (Lipinski definition) is 2. The van der Waals surface area contributed by atoms with E-state index in [2.05, 4.69) is 12.2 Å². The van der Waals surface area contributed by atoms with Gasteiger partial charge in [-0.15, -0.1) is 11.6 Å². The minimum absolute atomic E-state index is 0.569. The third-order valence-corrected chi connectivity index (χ3v) is 1.84. The molecule has 0 aromatic rings. The van der Waals surface area contributed by atoms with Crippen LogP contribution < -0.4 is 11.1 Å². The van der Waals surface area contributed by atoms with Gasteiger partial charge >= 0.3 is 0 Å². The first-order valence-electron chi connectivity index (χ1n) is 3.78. The molecule has 1 unspecified atom stereocenters. The molecule has 0 saturated heterocycles. The highest BCUT2D eigenvalue weighted by Gasteiger charge is 1.96. The molecule has 0 spiro atoms. The molecule has 0 amide bonds. The predicted molar refractivity (Wildman–Crippen MR) is 46.4 cm³/mol. The van der Waals surface area contributed by atoms with E-state index >= 15 is 0 Å². The van der Waals surface area contributed by atoms with Crippen LogP contribution in [0.1, 0.15) is 13.3 Å². The van der Waals surface area contributed by atoms with Crippen molar-refractivity contribution in [1.82, 2.24) is 5.32 Å². The minimum Gasteiger partial charge on any atom is -0.330 e. The van der Waals surface area contributed by atoms with E-state index in [0.717, 1.165) is 31.9 Å². The summed E-state index contributed by atoms with van der Waals surface area (Å²) in [5.41, 5.74) is 5.31. The standard InChI is InChI=1S/C7H17ClN2/c1-7(5-8)6-10-4-2-3-9/h7,10H,2-6,9H2,1H3. The van der Waals surface area contributed by atoms with Gasteiger partial charge in [0, 0.05) is 5.88 Å². The van der Waals surface area contributed by atoms with Gasteiger partial charge in [-0.25, -0.2) is 0 Å². The highest BCUT2D eigenvalue weighted by Crippen LogP contribution is 1.94. The Morgan fingerprint density at radius 3 is 2.80 bits per heavy atom. The molecule has 0 fully saturated rings. The molecule has 10 heavy (non-hydrogen) atoms. The highest BCUT2D eigenvalue weighted by molar-refractivity contribution is 6.18. The number of hydrogen-bond acceptors (Lipinski definition) is 2. The molecule has 0 heterocycles. The lowest BCUT2D eigenvalue weighted by atomic mass is 10.2. The van der Waals surface area contributed by atoms with Gasteiger partial charge in [0.15, 0.2) is 0 Å². The first-order chi connectivity index (χ1) is 4.81. The second kappa shape index (κ2) is 7.32. The Kier molecular flexibility index (Phi) is 7.47. The van der Waals surface area contributed by atoms with Crippen LogP contribution in [0.3, 0.4) is 0 Å². The average molecular weight is 165 g/mol. The van der Waals surface area contributed by atoms with Crippen molar-refractivity contribution in [3.8, 4) is 0 Å². The molecule has 0 rings (SSSR count). The number of nitrogens with two attached hydrogens (primary N) is 1. The van der Waals surface area contributed by atoms with Crippen LogP contribution >= 0.6 is 11.6 Å². The van der Waals surface area contributed by atoms with E-state index in [0.29, 0.717) is 5.92 Å². The molecular weight excluding hydrogens is 148 g/mol. The molecule has 0 bridgehead atoms. The quantitative estimate of drug-likeness (QED) is 0.450. The average Bonchev–Trinajstić information content (AvgIpc) is 1.98. The van der Waals surface area contributed by atoms with Crippen molar-refractivity contribution in [2.24, 2.45) is 11.7 Å². The first kappa shape index (κ1) is 10.2. The van der Waals surface area contributed by atoms with Crippen molar-refractivity contribution in [2.75, 3.05) is 25.5 Å². The first-order valence-corrected chi connectivity index (χ1v) is 4.31. The zero-order valence-corrected chi connectivity index (χ0v) is 7.32. The van der Waals surface area contributed by atoms with Gasteiger partial charge in [0.1, 0.15) is 0 Å². The molecule has 3 N–H and O–H groups in total. The Balaban J connectivity index is 2.89. The molecule has 0 aliphatic carbocycles. The summed E-state index contributed by atoms with van der Waals surface area (Å²) in [4.78, 5) is 0. The molecule has 0 aromatic carbocycles. The lowest BCUT2D eigenvalue weighted by Gasteiger charge is -2.07. The second-order valence-electron chi connectivity index (χ2n) is 2.61. The second-order valence-corrected chi connectivity index (χ2v) is 2.91. The van der Waals surface area contributed by atoms with Crippen LogP contribution in [0, 0.1) is 5.92 Å². The zero-order chi connectivity index (χ0) is 7.82. The topological polar surface area (TPSA) is 38.0 Å². The number of rotatable bonds is 6. The predicted octanol–water partition coefficient (Wildman–Crippen LogP) is 0.800. The number of halogens is 1. The molecule has 0 radical (unpaired) electrons. The normalized spacial score (nSPS) is 13.5. The van der Waals surface area contributed by atoms with Gasteiger partial charge in [0.25, 0.3) is 0 Å². The van der Waals surface area contributed by atoms with Crippen LogP contribution in [-0.2, 0) is 0 Å². The van der Waals surface area contributed by atoms with Crippen molar-refractivity contribution in [2.45, 2.75) is 13.3 Å². The Morgan fingerprint density at radius 2 is 2.30 bits per heavy atom. The van der Waals surface area contributed by atoms with Crippen LogP contribution in [0.15, 0.2) is 0 Å². The third kappa shape index (κ3) is 6.33. The largest absolute Gasteiger partial charge is 0.330 e. The minimum atomic E-state index is 0.569. The summed E-state index contributed by atoms with van der Waals surface area (Å²) in [7, 11) is 0. The maximum Gasteiger partial charge on any atom is 0.0261 e. The van der Waals surface area contributed by atoms with Gasteiger partial charge in [-0.2, -0.15) is 0 Å². The zero-order valence-electron chi connectivity index (χ0n) is 6.57. The van der Waals surface area contributed by atoms with Crippen LogP contribution in [-0.4, -0.2) is 25.5 Å². The molecule has 0 aliphatic rings. The van der Waals surface area contributed by atoms with E-state index in [1.165, 1.54) is 0 Å². The van der Waals surface area contributed by atoms with Crippen LogP contribution in [0.4, 0.5) is 0 Å². The fourth-order valence-corrected chi connectivity index (χ4v) is 0.739. The highest BCUT2D eigenvalue weighted by atomic mass is 35.5. The summed E-state index contributed by atoms with van der Waals surface area (Å²) in [5.74, 6) is 1.30. The van der Waals surface area contributed by atoms with Crippen LogP contribution in [0.25, 0.3) is 0 Å². The Bertz CT molecular complexity index is 68.6. The van der Waals surface area contributed by atoms with Crippen molar-refractivity contribution in [1.29, 1.82) is 0 Å². The Hall–Kier alpha value is 0.210. The molecule has 0 aromatic heterocycles. The van der Waals surface area contributed by atoms with E-state index in [-0.39, 0.29) is 0 Å². The van der Waals surface area contributed by atoms with E-state index in [1.54, 1.807) is 0 Å². The Labute approximate surface area is 68.1 Å². The fourth-order valence-electron chi connectivity index (χ4n) is 0.630. The van der Waals surface area contributed by atoms with Crippen LogP contribution in [0.5, 0.6) is 0 Å². The molecule has 62 valence electrons. The van der Waals surface area contributed by atoms with Crippen molar-refractivity contribution in [3.05, 3.63) is 0 Å². The number of alkyl halides is 1. The van der Waals surface area contributed by atoms with Gasteiger partial charge in [-0.3, -0.25) is 0 Å².